The molecule has 0 bridgehead atoms. The lowest BCUT2D eigenvalue weighted by molar-refractivity contribution is -0.135. The van der Waals surface area contributed by atoms with Crippen molar-refractivity contribution in [1.29, 1.82) is 0 Å². The minimum absolute atomic E-state index is 0.0451. The minimum Gasteiger partial charge on any atom is -0.385 e. The van der Waals surface area contributed by atoms with Gasteiger partial charge in [-0.25, -0.2) is 9.07 Å². The fourth-order valence-corrected chi connectivity index (χ4v) is 3.99. The first kappa shape index (κ1) is 22.9. The summed E-state index contributed by atoms with van der Waals surface area (Å²) >= 11 is 0. The molecule has 1 aromatic carbocycles. The van der Waals surface area contributed by atoms with E-state index in [0.29, 0.717) is 39.1 Å². The third-order valence-corrected chi connectivity index (χ3v) is 5.88. The van der Waals surface area contributed by atoms with Crippen molar-refractivity contribution in [2.24, 2.45) is 5.92 Å². The van der Waals surface area contributed by atoms with Crippen LogP contribution in [-0.2, 0) is 20.7 Å². The Bertz CT molecular complexity index is 902. The molecular weight excluding hydrogens is 399 g/mol. The molecule has 0 spiro atoms. The lowest BCUT2D eigenvalue weighted by Gasteiger charge is -2.31. The number of aryl methyl sites for hydroxylation is 1. The summed E-state index contributed by atoms with van der Waals surface area (Å²) < 4.78 is 20.0. The molecule has 0 unspecified atom stereocenters. The van der Waals surface area contributed by atoms with Crippen LogP contribution in [0.25, 0.3) is 5.69 Å². The Hall–Kier alpha value is -2.74. The standard InChI is InChI=1S/C23H31FN4O3/c1-16-21(17(2)28(26-16)20-7-5-19(24)6-8-20)15-22(29)27-12-9-18(10-13-27)23(30)25-11-4-14-31-3/h5-8,18H,4,9-15H2,1-3H3,(H,25,30). The van der Waals surface area contributed by atoms with Gasteiger partial charge < -0.3 is 15.0 Å². The van der Waals surface area contributed by atoms with Crippen molar-refractivity contribution in [2.75, 3.05) is 33.4 Å². The number of likely N-dealkylation sites (tertiary alicyclic amines) is 1. The second-order valence-electron chi connectivity index (χ2n) is 8.01. The maximum Gasteiger partial charge on any atom is 0.227 e. The number of hydrogen-bond donors (Lipinski definition) is 1. The predicted molar refractivity (Wildman–Crippen MR) is 116 cm³/mol. The summed E-state index contributed by atoms with van der Waals surface area (Å²) in [5, 5.41) is 7.50. The van der Waals surface area contributed by atoms with Crippen molar-refractivity contribution in [3.8, 4) is 5.69 Å². The van der Waals surface area contributed by atoms with Gasteiger partial charge in [-0.3, -0.25) is 9.59 Å². The highest BCUT2D eigenvalue weighted by Gasteiger charge is 2.28. The van der Waals surface area contributed by atoms with Crippen LogP contribution in [0, 0.1) is 25.6 Å². The van der Waals surface area contributed by atoms with Gasteiger partial charge in [0.2, 0.25) is 11.8 Å². The van der Waals surface area contributed by atoms with Crippen molar-refractivity contribution in [1.82, 2.24) is 20.0 Å². The van der Waals surface area contributed by atoms with Crippen LogP contribution in [0.5, 0.6) is 0 Å². The number of piperidine rings is 1. The quantitative estimate of drug-likeness (QED) is 0.653. The Morgan fingerprint density at radius 2 is 1.87 bits per heavy atom. The molecule has 2 amide bonds. The van der Waals surface area contributed by atoms with Crippen molar-refractivity contribution in [3.63, 3.8) is 0 Å². The Balaban J connectivity index is 1.56. The molecule has 8 heteroatoms. The summed E-state index contributed by atoms with van der Waals surface area (Å²) in [4.78, 5) is 27.0. The van der Waals surface area contributed by atoms with Crippen LogP contribution in [0.2, 0.25) is 0 Å². The van der Waals surface area contributed by atoms with Gasteiger partial charge in [0.25, 0.3) is 0 Å². The van der Waals surface area contributed by atoms with E-state index in [0.717, 1.165) is 29.1 Å². The van der Waals surface area contributed by atoms with Gasteiger partial charge in [-0.2, -0.15) is 5.10 Å². The van der Waals surface area contributed by atoms with E-state index in [2.05, 4.69) is 10.4 Å². The number of nitrogens with one attached hydrogen (secondary N) is 1. The van der Waals surface area contributed by atoms with Gasteiger partial charge in [-0.15, -0.1) is 0 Å². The zero-order chi connectivity index (χ0) is 22.4. The van der Waals surface area contributed by atoms with Gasteiger partial charge in [-0.05, 0) is 57.4 Å². The van der Waals surface area contributed by atoms with Crippen LogP contribution < -0.4 is 5.32 Å². The highest BCUT2D eigenvalue weighted by molar-refractivity contribution is 5.81. The average Bonchev–Trinajstić information content (AvgIpc) is 3.05. The number of nitrogens with zero attached hydrogens (tertiary/aromatic N) is 3. The van der Waals surface area contributed by atoms with Crippen LogP contribution in [0.1, 0.15) is 36.2 Å². The number of rotatable bonds is 8. The molecule has 2 aromatic rings. The maximum absolute atomic E-state index is 13.2. The molecule has 1 aliphatic heterocycles. The molecule has 168 valence electrons. The van der Waals surface area contributed by atoms with E-state index in [1.165, 1.54) is 12.1 Å². The molecule has 1 N–H and O–H groups in total. The normalized spacial score (nSPS) is 14.6. The average molecular weight is 431 g/mol. The third-order valence-electron chi connectivity index (χ3n) is 5.88. The molecule has 1 fully saturated rings. The van der Waals surface area contributed by atoms with Crippen molar-refractivity contribution in [2.45, 2.75) is 39.5 Å². The molecule has 0 saturated carbocycles. The van der Waals surface area contributed by atoms with Crippen molar-refractivity contribution in [3.05, 3.63) is 47.0 Å². The fourth-order valence-electron chi connectivity index (χ4n) is 3.99. The van der Waals surface area contributed by atoms with Gasteiger partial charge in [-0.1, -0.05) is 0 Å². The van der Waals surface area contributed by atoms with Crippen molar-refractivity contribution >= 4 is 11.8 Å². The lowest BCUT2D eigenvalue weighted by atomic mass is 9.95. The number of hydrogen-bond acceptors (Lipinski definition) is 4. The number of methoxy groups -OCH3 is 1. The number of ether oxygens (including phenoxy) is 1. The zero-order valence-electron chi connectivity index (χ0n) is 18.5. The number of halogens is 1. The van der Waals surface area contributed by atoms with E-state index < -0.39 is 0 Å². The molecule has 0 atom stereocenters. The second-order valence-corrected chi connectivity index (χ2v) is 8.01. The largest absolute Gasteiger partial charge is 0.385 e. The highest BCUT2D eigenvalue weighted by Crippen LogP contribution is 2.22. The Morgan fingerprint density at radius 1 is 1.19 bits per heavy atom. The van der Waals surface area contributed by atoms with E-state index in [1.54, 1.807) is 23.9 Å². The highest BCUT2D eigenvalue weighted by atomic mass is 19.1. The van der Waals surface area contributed by atoms with E-state index in [4.69, 9.17) is 4.74 Å². The SMILES string of the molecule is COCCCNC(=O)C1CCN(C(=O)Cc2c(C)nn(-c3ccc(F)cc3)c2C)CC1. The van der Waals surface area contributed by atoms with Gasteiger partial charge in [0, 0.05) is 50.5 Å². The van der Waals surface area contributed by atoms with Crippen LogP contribution in [0.3, 0.4) is 0 Å². The number of amides is 2. The van der Waals surface area contributed by atoms with Crippen LogP contribution in [0.15, 0.2) is 24.3 Å². The van der Waals surface area contributed by atoms with Crippen LogP contribution in [-0.4, -0.2) is 59.8 Å². The van der Waals surface area contributed by atoms with E-state index in [9.17, 15) is 14.0 Å². The summed E-state index contributed by atoms with van der Waals surface area (Å²) in [6, 6.07) is 6.14. The summed E-state index contributed by atoms with van der Waals surface area (Å²) in [7, 11) is 1.64. The second kappa shape index (κ2) is 10.5. The molecule has 3 rings (SSSR count). The molecule has 0 radical (unpaired) electrons. The summed E-state index contributed by atoms with van der Waals surface area (Å²) in [5.41, 5.74) is 3.33. The topological polar surface area (TPSA) is 76.5 Å². The van der Waals surface area contributed by atoms with Gasteiger partial charge in [0.05, 0.1) is 17.8 Å². The molecule has 2 heterocycles. The predicted octanol–water partition coefficient (Wildman–Crippen LogP) is 2.56. The zero-order valence-corrected chi connectivity index (χ0v) is 18.5. The molecule has 7 nitrogen and oxygen atoms in total. The monoisotopic (exact) mass is 430 g/mol. The van der Waals surface area contributed by atoms with Crippen LogP contribution >= 0.6 is 0 Å². The molecule has 1 saturated heterocycles. The summed E-state index contributed by atoms with van der Waals surface area (Å²) in [6.07, 6.45) is 2.42. The molecular formula is C23H31FN4O3. The van der Waals surface area contributed by atoms with Crippen LogP contribution in [0.4, 0.5) is 4.39 Å². The first-order chi connectivity index (χ1) is 14.9. The number of carbonyl (C=O) groups excluding carboxylic acids is 2. The molecule has 1 aromatic heterocycles. The van der Waals surface area contributed by atoms with E-state index in [1.807, 2.05) is 18.7 Å². The number of carbonyl (C=O) groups is 2. The molecule has 1 aliphatic rings. The Morgan fingerprint density at radius 3 is 2.52 bits per heavy atom. The number of benzene rings is 1. The Labute approximate surface area is 182 Å². The first-order valence-corrected chi connectivity index (χ1v) is 10.8. The summed E-state index contributed by atoms with van der Waals surface area (Å²) in [6.45, 7) is 6.21. The molecule has 31 heavy (non-hydrogen) atoms. The minimum atomic E-state index is -0.298. The lowest BCUT2D eigenvalue weighted by Crippen LogP contribution is -2.43. The van der Waals surface area contributed by atoms with Crippen molar-refractivity contribution < 1.29 is 18.7 Å². The number of aromatic nitrogens is 2. The molecule has 0 aliphatic carbocycles. The smallest absolute Gasteiger partial charge is 0.227 e. The van der Waals surface area contributed by atoms with E-state index >= 15 is 0 Å². The van der Waals surface area contributed by atoms with E-state index in [-0.39, 0.29) is 30.0 Å². The Kier molecular flexibility index (Phi) is 7.79. The first-order valence-electron chi connectivity index (χ1n) is 10.8. The maximum atomic E-state index is 13.2. The third kappa shape index (κ3) is 5.70. The summed E-state index contributed by atoms with van der Waals surface area (Å²) in [5.74, 6) is -0.233. The van der Waals surface area contributed by atoms with Gasteiger partial charge >= 0.3 is 0 Å². The van der Waals surface area contributed by atoms with Gasteiger partial charge in [0.1, 0.15) is 5.82 Å². The van der Waals surface area contributed by atoms with Gasteiger partial charge in [0.15, 0.2) is 0 Å². The fraction of sp³-hybridized carbons (Fsp3) is 0.522.